The summed E-state index contributed by atoms with van der Waals surface area (Å²) in [6.07, 6.45) is 4.38. The van der Waals surface area contributed by atoms with E-state index >= 15 is 0 Å². The molecule has 0 bridgehead atoms. The highest BCUT2D eigenvalue weighted by Crippen LogP contribution is 2.15. The summed E-state index contributed by atoms with van der Waals surface area (Å²) in [7, 11) is 0. The summed E-state index contributed by atoms with van der Waals surface area (Å²) in [5.74, 6) is 0.187. The Labute approximate surface area is 152 Å². The molecule has 134 valence electrons. The smallest absolute Gasteiger partial charge is 0.314 e. The number of hydrogen-bond acceptors (Lipinski definition) is 2. The Bertz CT molecular complexity index is 535. The highest BCUT2D eigenvalue weighted by atomic mass is 79.9. The van der Waals surface area contributed by atoms with Crippen molar-refractivity contribution in [3.05, 3.63) is 34.1 Å². The van der Waals surface area contributed by atoms with Gasteiger partial charge in [-0.3, -0.25) is 0 Å². The van der Waals surface area contributed by atoms with Crippen LogP contribution in [0.2, 0.25) is 0 Å². The summed E-state index contributed by atoms with van der Waals surface area (Å²) in [6, 6.07) is 4.66. The molecule has 0 radical (unpaired) electrons. The Morgan fingerprint density at radius 1 is 1.29 bits per heavy atom. The van der Waals surface area contributed by atoms with Crippen LogP contribution in [0.15, 0.2) is 22.7 Å². The molecule has 1 aliphatic heterocycles. The minimum Gasteiger partial charge on any atom is -0.338 e. The molecular formula is C18H27BrFN3O. The first-order valence-electron chi connectivity index (χ1n) is 8.72. The molecule has 2 rings (SSSR count). The van der Waals surface area contributed by atoms with Crippen LogP contribution in [0.3, 0.4) is 0 Å². The molecule has 1 heterocycles. The van der Waals surface area contributed by atoms with Crippen molar-refractivity contribution in [2.24, 2.45) is 5.92 Å². The van der Waals surface area contributed by atoms with Gasteiger partial charge in [0.25, 0.3) is 0 Å². The fraction of sp³-hybridized carbons (Fsp3) is 0.611. The van der Waals surface area contributed by atoms with Gasteiger partial charge in [-0.05, 0) is 62.0 Å². The molecule has 2 N–H and O–H groups in total. The van der Waals surface area contributed by atoms with Crippen LogP contribution in [0.1, 0.15) is 31.7 Å². The molecule has 1 saturated heterocycles. The Morgan fingerprint density at radius 2 is 2.04 bits per heavy atom. The van der Waals surface area contributed by atoms with Crippen molar-refractivity contribution in [2.45, 2.75) is 32.6 Å². The van der Waals surface area contributed by atoms with Gasteiger partial charge in [0.2, 0.25) is 0 Å². The lowest BCUT2D eigenvalue weighted by atomic mass is 10.1. The third kappa shape index (κ3) is 6.77. The Hall–Kier alpha value is -1.14. The zero-order valence-corrected chi connectivity index (χ0v) is 15.9. The molecule has 0 aromatic heterocycles. The topological polar surface area (TPSA) is 44.4 Å². The first-order chi connectivity index (χ1) is 11.5. The third-order valence-electron chi connectivity index (χ3n) is 4.32. The molecule has 1 atom stereocenters. The number of hydrogen-bond donors (Lipinski definition) is 2. The number of amides is 2. The summed E-state index contributed by atoms with van der Waals surface area (Å²) in [6.45, 7) is 6.62. The largest absolute Gasteiger partial charge is 0.338 e. The van der Waals surface area contributed by atoms with Crippen LogP contribution in [0.4, 0.5) is 9.18 Å². The van der Waals surface area contributed by atoms with Crippen LogP contribution in [-0.4, -0.2) is 43.7 Å². The second kappa shape index (κ2) is 9.99. The fourth-order valence-electron chi connectivity index (χ4n) is 3.02. The van der Waals surface area contributed by atoms with E-state index in [0.29, 0.717) is 31.0 Å². The molecule has 24 heavy (non-hydrogen) atoms. The molecule has 1 aliphatic rings. The van der Waals surface area contributed by atoms with Crippen molar-refractivity contribution >= 4 is 22.0 Å². The zero-order valence-electron chi connectivity index (χ0n) is 14.3. The molecule has 6 heteroatoms. The molecule has 0 aliphatic carbocycles. The number of piperidine rings is 1. The van der Waals surface area contributed by atoms with E-state index in [9.17, 15) is 9.18 Å². The summed E-state index contributed by atoms with van der Waals surface area (Å²) >= 11 is 3.33. The molecule has 1 aromatic rings. The molecule has 0 spiro atoms. The number of rotatable bonds is 7. The van der Waals surface area contributed by atoms with Crippen molar-refractivity contribution in [1.29, 1.82) is 0 Å². The maximum Gasteiger partial charge on any atom is 0.314 e. The lowest BCUT2D eigenvalue weighted by molar-refractivity contribution is 0.197. The molecule has 2 amide bonds. The van der Waals surface area contributed by atoms with Crippen LogP contribution >= 0.6 is 15.9 Å². The van der Waals surface area contributed by atoms with Crippen molar-refractivity contribution in [3.8, 4) is 0 Å². The summed E-state index contributed by atoms with van der Waals surface area (Å²) in [5.41, 5.74) is 0.600. The van der Waals surface area contributed by atoms with E-state index < -0.39 is 0 Å². The van der Waals surface area contributed by atoms with E-state index in [2.05, 4.69) is 38.4 Å². The second-order valence-corrected chi connectivity index (χ2v) is 7.50. The van der Waals surface area contributed by atoms with E-state index in [4.69, 9.17) is 0 Å². The van der Waals surface area contributed by atoms with Crippen molar-refractivity contribution in [3.63, 3.8) is 0 Å². The Morgan fingerprint density at radius 3 is 2.79 bits per heavy atom. The zero-order chi connectivity index (χ0) is 17.4. The maximum atomic E-state index is 13.6. The van der Waals surface area contributed by atoms with Crippen molar-refractivity contribution < 1.29 is 9.18 Å². The highest BCUT2D eigenvalue weighted by Gasteiger charge is 2.14. The van der Waals surface area contributed by atoms with E-state index in [1.54, 1.807) is 12.1 Å². The van der Waals surface area contributed by atoms with Crippen molar-refractivity contribution in [2.75, 3.05) is 32.7 Å². The first-order valence-corrected chi connectivity index (χ1v) is 9.52. The quantitative estimate of drug-likeness (QED) is 0.735. The summed E-state index contributed by atoms with van der Waals surface area (Å²) in [4.78, 5) is 14.3. The monoisotopic (exact) mass is 399 g/mol. The number of carbonyl (C=O) groups is 1. The lowest BCUT2D eigenvalue weighted by Gasteiger charge is -2.29. The number of urea groups is 1. The van der Waals surface area contributed by atoms with Crippen LogP contribution in [-0.2, 0) is 6.42 Å². The average molecular weight is 400 g/mol. The summed E-state index contributed by atoms with van der Waals surface area (Å²) in [5, 5.41) is 5.70. The lowest BCUT2D eigenvalue weighted by Crippen LogP contribution is -2.42. The van der Waals surface area contributed by atoms with Crippen LogP contribution in [0.5, 0.6) is 0 Å². The number of carbonyl (C=O) groups excluding carboxylic acids is 1. The highest BCUT2D eigenvalue weighted by molar-refractivity contribution is 9.10. The van der Waals surface area contributed by atoms with E-state index in [1.165, 1.54) is 38.4 Å². The average Bonchev–Trinajstić information content (AvgIpc) is 2.57. The van der Waals surface area contributed by atoms with Gasteiger partial charge >= 0.3 is 6.03 Å². The van der Waals surface area contributed by atoms with Gasteiger partial charge in [-0.2, -0.15) is 0 Å². The SMILES string of the molecule is CC(CNC(=O)NCCc1cc(Br)ccc1F)CN1CCCCC1. The van der Waals surface area contributed by atoms with Gasteiger partial charge in [0, 0.05) is 24.1 Å². The predicted molar refractivity (Wildman–Crippen MR) is 98.7 cm³/mol. The molecule has 1 aromatic carbocycles. The van der Waals surface area contributed by atoms with Crippen LogP contribution in [0, 0.1) is 11.7 Å². The van der Waals surface area contributed by atoms with Crippen LogP contribution < -0.4 is 10.6 Å². The molecule has 1 unspecified atom stereocenters. The minimum absolute atomic E-state index is 0.184. The van der Waals surface area contributed by atoms with E-state index in [0.717, 1.165) is 11.0 Å². The number of likely N-dealkylation sites (tertiary alicyclic amines) is 1. The Kier molecular flexibility index (Phi) is 7.99. The molecule has 4 nitrogen and oxygen atoms in total. The van der Waals surface area contributed by atoms with Gasteiger partial charge < -0.3 is 15.5 Å². The third-order valence-corrected chi connectivity index (χ3v) is 4.81. The normalized spacial score (nSPS) is 16.6. The number of halogens is 2. The van der Waals surface area contributed by atoms with Gasteiger partial charge in [0.15, 0.2) is 0 Å². The van der Waals surface area contributed by atoms with E-state index in [-0.39, 0.29) is 11.8 Å². The van der Waals surface area contributed by atoms with Gasteiger partial charge in [0.1, 0.15) is 5.82 Å². The second-order valence-electron chi connectivity index (χ2n) is 6.59. The first kappa shape index (κ1) is 19.2. The fourth-order valence-corrected chi connectivity index (χ4v) is 3.43. The van der Waals surface area contributed by atoms with Crippen molar-refractivity contribution in [1.82, 2.24) is 15.5 Å². The maximum absolute atomic E-state index is 13.6. The van der Waals surface area contributed by atoms with Crippen LogP contribution in [0.25, 0.3) is 0 Å². The Balaban J connectivity index is 1.61. The van der Waals surface area contributed by atoms with Gasteiger partial charge in [-0.15, -0.1) is 0 Å². The predicted octanol–water partition coefficient (Wildman–Crippen LogP) is 3.55. The molecule has 0 saturated carbocycles. The molecule has 1 fully saturated rings. The number of benzene rings is 1. The van der Waals surface area contributed by atoms with E-state index in [1.807, 2.05) is 0 Å². The van der Waals surface area contributed by atoms with Gasteiger partial charge in [0.05, 0.1) is 0 Å². The molecular weight excluding hydrogens is 373 g/mol. The van der Waals surface area contributed by atoms with Gasteiger partial charge in [-0.25, -0.2) is 9.18 Å². The number of nitrogens with zero attached hydrogens (tertiary/aromatic N) is 1. The minimum atomic E-state index is -0.240. The summed E-state index contributed by atoms with van der Waals surface area (Å²) < 4.78 is 14.5. The number of nitrogens with one attached hydrogen (secondary N) is 2. The standard InChI is InChI=1S/C18H27BrFN3O/c1-14(13-23-9-3-2-4-10-23)12-22-18(24)21-8-7-15-11-16(19)5-6-17(15)20/h5-6,11,14H,2-4,7-10,12-13H2,1H3,(H2,21,22,24). The van der Waals surface area contributed by atoms with Gasteiger partial charge in [-0.1, -0.05) is 29.3 Å².